The molecule has 1 fully saturated rings. The average Bonchev–Trinajstić information content (AvgIpc) is 2.78. The monoisotopic (exact) mass is 279 g/mol. The topological polar surface area (TPSA) is 72.4 Å². The lowest BCUT2D eigenvalue weighted by atomic mass is 9.81. The number of aryl methyl sites for hydroxylation is 2. The molecule has 1 aromatic heterocycles. The Morgan fingerprint density at radius 3 is 2.50 bits per heavy atom. The summed E-state index contributed by atoms with van der Waals surface area (Å²) < 4.78 is 5.15. The number of nitrogens with two attached hydrogens (primary N) is 1. The zero-order valence-electron chi connectivity index (χ0n) is 12.7. The molecule has 1 amide bonds. The summed E-state index contributed by atoms with van der Waals surface area (Å²) in [4.78, 5) is 14.3. The van der Waals surface area contributed by atoms with E-state index in [9.17, 15) is 4.79 Å². The molecule has 0 saturated heterocycles. The van der Waals surface area contributed by atoms with Gasteiger partial charge < -0.3 is 15.2 Å². The smallest absolute Gasteiger partial charge is 0.225 e. The molecule has 5 heteroatoms. The maximum absolute atomic E-state index is 12.5. The van der Waals surface area contributed by atoms with Crippen LogP contribution in [0.1, 0.15) is 42.7 Å². The summed E-state index contributed by atoms with van der Waals surface area (Å²) in [5, 5.41) is 3.94. The minimum absolute atomic E-state index is 0.156. The van der Waals surface area contributed by atoms with Crippen molar-refractivity contribution in [2.75, 3.05) is 13.6 Å². The minimum atomic E-state index is 0.156. The van der Waals surface area contributed by atoms with Crippen molar-refractivity contribution in [3.8, 4) is 0 Å². The third-order valence-corrected chi connectivity index (χ3v) is 4.48. The van der Waals surface area contributed by atoms with Crippen LogP contribution in [0.2, 0.25) is 0 Å². The van der Waals surface area contributed by atoms with Crippen LogP contribution in [0, 0.1) is 25.7 Å². The van der Waals surface area contributed by atoms with E-state index in [0.29, 0.717) is 12.5 Å². The Kier molecular flexibility index (Phi) is 4.81. The molecule has 5 nitrogen and oxygen atoms in total. The lowest BCUT2D eigenvalue weighted by molar-refractivity contribution is -0.136. The first-order valence-corrected chi connectivity index (χ1v) is 7.39. The maximum Gasteiger partial charge on any atom is 0.225 e. The molecule has 20 heavy (non-hydrogen) atoms. The first-order chi connectivity index (χ1) is 9.52. The zero-order valence-corrected chi connectivity index (χ0v) is 12.7. The third-order valence-electron chi connectivity index (χ3n) is 4.48. The van der Waals surface area contributed by atoms with E-state index < -0.39 is 0 Å². The van der Waals surface area contributed by atoms with Crippen LogP contribution in [0.4, 0.5) is 0 Å². The fourth-order valence-electron chi connectivity index (χ4n) is 3.00. The van der Waals surface area contributed by atoms with E-state index in [1.54, 1.807) is 4.90 Å². The average molecular weight is 279 g/mol. The number of carbonyl (C=O) groups excluding carboxylic acids is 1. The Bertz CT molecular complexity index is 442. The van der Waals surface area contributed by atoms with Crippen LogP contribution in [0.25, 0.3) is 0 Å². The van der Waals surface area contributed by atoms with Gasteiger partial charge in [-0.1, -0.05) is 5.16 Å². The summed E-state index contributed by atoms with van der Waals surface area (Å²) in [6.07, 6.45) is 4.08. The molecule has 1 aromatic rings. The Balaban J connectivity index is 1.93. The van der Waals surface area contributed by atoms with Gasteiger partial charge in [-0.15, -0.1) is 0 Å². The van der Waals surface area contributed by atoms with Gasteiger partial charge in [-0.3, -0.25) is 4.79 Å². The number of hydrogen-bond acceptors (Lipinski definition) is 4. The largest absolute Gasteiger partial charge is 0.361 e. The Hall–Kier alpha value is -1.36. The highest BCUT2D eigenvalue weighted by Crippen LogP contribution is 2.29. The molecule has 0 unspecified atom stereocenters. The van der Waals surface area contributed by atoms with E-state index in [1.165, 1.54) is 0 Å². The Morgan fingerprint density at radius 2 is 2.00 bits per heavy atom. The highest BCUT2D eigenvalue weighted by atomic mass is 16.5. The molecule has 2 rings (SSSR count). The van der Waals surface area contributed by atoms with Crippen LogP contribution in [0.15, 0.2) is 4.52 Å². The van der Waals surface area contributed by atoms with Gasteiger partial charge in [0, 0.05) is 18.5 Å². The van der Waals surface area contributed by atoms with Crippen molar-refractivity contribution in [1.29, 1.82) is 0 Å². The molecule has 0 bridgehead atoms. The van der Waals surface area contributed by atoms with Crippen molar-refractivity contribution >= 4 is 5.91 Å². The predicted octanol–water partition coefficient (Wildman–Crippen LogP) is 2.01. The molecule has 0 spiro atoms. The first kappa shape index (κ1) is 15.0. The molecule has 0 aromatic carbocycles. The molecule has 1 aliphatic carbocycles. The summed E-state index contributed by atoms with van der Waals surface area (Å²) in [6, 6.07) is 0. The second kappa shape index (κ2) is 6.39. The molecule has 1 heterocycles. The number of amides is 1. The van der Waals surface area contributed by atoms with Gasteiger partial charge in [0.15, 0.2) is 0 Å². The second-order valence-electron chi connectivity index (χ2n) is 5.95. The summed E-state index contributed by atoms with van der Waals surface area (Å²) in [6.45, 7) is 5.13. The standard InChI is InChI=1S/C15H25N3O2/c1-10-14(11(2)20-17-10)9-18(3)15(19)13-6-4-12(8-16)5-7-13/h12-13H,4-9,16H2,1-3H3. The number of aromatic nitrogens is 1. The summed E-state index contributed by atoms with van der Waals surface area (Å²) in [5.41, 5.74) is 7.59. The van der Waals surface area contributed by atoms with Crippen molar-refractivity contribution in [3.63, 3.8) is 0 Å². The molecule has 112 valence electrons. The van der Waals surface area contributed by atoms with Crippen LogP contribution in [0.3, 0.4) is 0 Å². The van der Waals surface area contributed by atoms with Gasteiger partial charge in [0.05, 0.1) is 12.2 Å². The summed E-state index contributed by atoms with van der Waals surface area (Å²) >= 11 is 0. The van der Waals surface area contributed by atoms with Crippen molar-refractivity contribution in [1.82, 2.24) is 10.1 Å². The minimum Gasteiger partial charge on any atom is -0.361 e. The number of carbonyl (C=O) groups is 1. The molecule has 1 saturated carbocycles. The highest BCUT2D eigenvalue weighted by molar-refractivity contribution is 5.78. The van der Waals surface area contributed by atoms with E-state index in [2.05, 4.69) is 5.16 Å². The fraction of sp³-hybridized carbons (Fsp3) is 0.733. The Labute approximate surface area is 120 Å². The van der Waals surface area contributed by atoms with Gasteiger partial charge in [-0.2, -0.15) is 0 Å². The summed E-state index contributed by atoms with van der Waals surface area (Å²) in [5.74, 6) is 1.80. The van der Waals surface area contributed by atoms with E-state index in [0.717, 1.165) is 49.2 Å². The zero-order chi connectivity index (χ0) is 14.7. The van der Waals surface area contributed by atoms with E-state index in [-0.39, 0.29) is 11.8 Å². The molecule has 0 aliphatic heterocycles. The lowest BCUT2D eigenvalue weighted by Crippen LogP contribution is -2.35. The molecule has 2 N–H and O–H groups in total. The van der Waals surface area contributed by atoms with Crippen LogP contribution >= 0.6 is 0 Å². The number of nitrogens with zero attached hydrogens (tertiary/aromatic N) is 2. The normalized spacial score (nSPS) is 22.8. The number of rotatable bonds is 4. The quantitative estimate of drug-likeness (QED) is 0.915. The SMILES string of the molecule is Cc1noc(C)c1CN(C)C(=O)C1CCC(CN)CC1. The molecular weight excluding hydrogens is 254 g/mol. The van der Waals surface area contributed by atoms with Crippen LogP contribution in [-0.2, 0) is 11.3 Å². The predicted molar refractivity (Wildman–Crippen MR) is 77.0 cm³/mol. The van der Waals surface area contributed by atoms with Crippen molar-refractivity contribution in [3.05, 3.63) is 17.0 Å². The van der Waals surface area contributed by atoms with Crippen molar-refractivity contribution in [2.24, 2.45) is 17.6 Å². The van der Waals surface area contributed by atoms with Gasteiger partial charge in [0.1, 0.15) is 5.76 Å². The van der Waals surface area contributed by atoms with Gasteiger partial charge in [-0.25, -0.2) is 0 Å². The fourth-order valence-corrected chi connectivity index (χ4v) is 3.00. The third kappa shape index (κ3) is 3.20. The maximum atomic E-state index is 12.5. The van der Waals surface area contributed by atoms with Gasteiger partial charge in [-0.05, 0) is 52.0 Å². The second-order valence-corrected chi connectivity index (χ2v) is 5.95. The molecular formula is C15H25N3O2. The molecule has 0 radical (unpaired) electrons. The van der Waals surface area contributed by atoms with E-state index >= 15 is 0 Å². The van der Waals surface area contributed by atoms with E-state index in [1.807, 2.05) is 20.9 Å². The van der Waals surface area contributed by atoms with Crippen molar-refractivity contribution in [2.45, 2.75) is 46.1 Å². The molecule has 1 aliphatic rings. The first-order valence-electron chi connectivity index (χ1n) is 7.39. The van der Waals surface area contributed by atoms with E-state index in [4.69, 9.17) is 10.3 Å². The molecule has 0 atom stereocenters. The van der Waals surface area contributed by atoms with Crippen LogP contribution in [0.5, 0.6) is 0 Å². The highest BCUT2D eigenvalue weighted by Gasteiger charge is 2.28. The van der Waals surface area contributed by atoms with Crippen LogP contribution in [-0.4, -0.2) is 29.6 Å². The summed E-state index contributed by atoms with van der Waals surface area (Å²) in [7, 11) is 1.86. The van der Waals surface area contributed by atoms with Crippen molar-refractivity contribution < 1.29 is 9.32 Å². The van der Waals surface area contributed by atoms with Gasteiger partial charge in [0.25, 0.3) is 0 Å². The lowest BCUT2D eigenvalue weighted by Gasteiger charge is -2.30. The van der Waals surface area contributed by atoms with Gasteiger partial charge in [0.2, 0.25) is 5.91 Å². The van der Waals surface area contributed by atoms with Crippen LogP contribution < -0.4 is 5.73 Å². The Morgan fingerprint density at radius 1 is 1.35 bits per heavy atom. The number of hydrogen-bond donors (Lipinski definition) is 1. The van der Waals surface area contributed by atoms with Gasteiger partial charge >= 0.3 is 0 Å².